The van der Waals surface area contributed by atoms with Gasteiger partial charge in [0.25, 0.3) is 0 Å². The fraction of sp³-hybridized carbons (Fsp3) is 1.00. The first-order chi connectivity index (χ1) is 6.20. The van der Waals surface area contributed by atoms with Crippen LogP contribution >= 0.6 is 25.3 Å². The van der Waals surface area contributed by atoms with Gasteiger partial charge in [0.2, 0.25) is 0 Å². The van der Waals surface area contributed by atoms with Crippen molar-refractivity contribution in [1.29, 1.82) is 0 Å². The largest absolute Gasteiger partial charge is 0.456 e. The minimum atomic E-state index is -0.510. The molecule has 2 radical (unpaired) electrons. The monoisotopic (exact) mass is 252 g/mol. The van der Waals surface area contributed by atoms with Crippen LogP contribution < -0.4 is 0 Å². The summed E-state index contributed by atoms with van der Waals surface area (Å²) >= 11 is 8.40. The van der Waals surface area contributed by atoms with Gasteiger partial charge in [0.1, 0.15) is 0 Å². The molecule has 0 aromatic heterocycles. The van der Waals surface area contributed by atoms with Crippen molar-refractivity contribution in [2.45, 2.75) is 38.0 Å². The Balaban J connectivity index is 3.35. The molecule has 0 aromatic rings. The van der Waals surface area contributed by atoms with E-state index >= 15 is 0 Å². The summed E-state index contributed by atoms with van der Waals surface area (Å²) in [7, 11) is -1.02. The van der Waals surface area contributed by atoms with Crippen LogP contribution in [0.4, 0.5) is 0 Å². The van der Waals surface area contributed by atoms with Crippen molar-refractivity contribution >= 4 is 43.3 Å². The molecule has 0 rings (SSSR count). The lowest BCUT2D eigenvalue weighted by Gasteiger charge is -2.15. The average molecular weight is 253 g/mol. The van der Waals surface area contributed by atoms with E-state index in [9.17, 15) is 0 Å². The van der Waals surface area contributed by atoms with Gasteiger partial charge in [-0.2, -0.15) is 25.3 Å². The maximum Gasteiger partial charge on any atom is 0.194 e. The molecular formula is C8H20OS2Si2. The van der Waals surface area contributed by atoms with E-state index in [0.717, 1.165) is 11.5 Å². The van der Waals surface area contributed by atoms with Gasteiger partial charge in [-0.25, -0.2) is 0 Å². The van der Waals surface area contributed by atoms with Crippen LogP contribution in [0, 0.1) is 0 Å². The zero-order valence-corrected chi connectivity index (χ0v) is 12.3. The molecule has 0 unspecified atom stereocenters. The van der Waals surface area contributed by atoms with E-state index in [1.54, 1.807) is 0 Å². The van der Waals surface area contributed by atoms with Crippen molar-refractivity contribution in [3.8, 4) is 0 Å². The van der Waals surface area contributed by atoms with Crippen LogP contribution in [0.15, 0.2) is 0 Å². The summed E-state index contributed by atoms with van der Waals surface area (Å²) < 4.78 is 5.99. The zero-order chi connectivity index (χ0) is 10.1. The van der Waals surface area contributed by atoms with E-state index in [2.05, 4.69) is 38.4 Å². The quantitative estimate of drug-likeness (QED) is 0.499. The van der Waals surface area contributed by atoms with Gasteiger partial charge in [-0.15, -0.1) is 0 Å². The average Bonchev–Trinajstić information content (AvgIpc) is 2.11. The smallest absolute Gasteiger partial charge is 0.194 e. The van der Waals surface area contributed by atoms with Gasteiger partial charge in [-0.3, -0.25) is 0 Å². The van der Waals surface area contributed by atoms with Gasteiger partial charge in [0.15, 0.2) is 18.1 Å². The minimum Gasteiger partial charge on any atom is -0.456 e. The zero-order valence-electron chi connectivity index (χ0n) is 8.55. The van der Waals surface area contributed by atoms with Crippen molar-refractivity contribution in [3.05, 3.63) is 0 Å². The van der Waals surface area contributed by atoms with E-state index in [4.69, 9.17) is 4.12 Å². The Morgan fingerprint density at radius 1 is 0.923 bits per heavy atom. The topological polar surface area (TPSA) is 9.23 Å². The third-order valence-corrected chi connectivity index (χ3v) is 7.26. The first-order valence-electron chi connectivity index (χ1n) is 4.75. The Morgan fingerprint density at radius 3 is 1.62 bits per heavy atom. The standard InChI is InChI=1S/C8H20OS2Si2/c1-12(7-3-5-10)9-13(2)8-4-6-11/h10-11H,3-8H2,1-2H3. The molecule has 0 fully saturated rings. The van der Waals surface area contributed by atoms with Crippen LogP contribution in [0.25, 0.3) is 0 Å². The molecule has 0 saturated heterocycles. The highest BCUT2D eigenvalue weighted by molar-refractivity contribution is 7.80. The Morgan fingerprint density at radius 2 is 1.31 bits per heavy atom. The second-order valence-corrected chi connectivity index (χ2v) is 8.68. The molecule has 0 amide bonds. The van der Waals surface area contributed by atoms with E-state index in [0.29, 0.717) is 0 Å². The summed E-state index contributed by atoms with van der Waals surface area (Å²) in [6.07, 6.45) is 2.41. The van der Waals surface area contributed by atoms with Crippen LogP contribution in [-0.4, -0.2) is 29.6 Å². The van der Waals surface area contributed by atoms with Gasteiger partial charge in [-0.1, -0.05) is 0 Å². The van der Waals surface area contributed by atoms with Crippen molar-refractivity contribution in [1.82, 2.24) is 0 Å². The Labute approximate surface area is 96.9 Å². The summed E-state index contributed by atoms with van der Waals surface area (Å²) in [5.74, 6) is 1.99. The summed E-state index contributed by atoms with van der Waals surface area (Å²) in [4.78, 5) is 0. The molecule has 0 aliphatic rings. The lowest BCUT2D eigenvalue weighted by atomic mass is 10.6. The van der Waals surface area contributed by atoms with Gasteiger partial charge in [0.05, 0.1) is 0 Å². The van der Waals surface area contributed by atoms with Gasteiger partial charge in [0, 0.05) is 0 Å². The highest BCUT2D eigenvalue weighted by Crippen LogP contribution is 2.06. The Hall–Kier alpha value is 1.09. The molecule has 0 spiro atoms. The van der Waals surface area contributed by atoms with Crippen molar-refractivity contribution in [3.63, 3.8) is 0 Å². The first-order valence-corrected chi connectivity index (χ1v) is 10.2. The molecule has 0 aliphatic carbocycles. The molecule has 78 valence electrons. The van der Waals surface area contributed by atoms with Gasteiger partial charge < -0.3 is 4.12 Å². The highest BCUT2D eigenvalue weighted by Gasteiger charge is 2.11. The fourth-order valence-corrected chi connectivity index (χ4v) is 6.51. The van der Waals surface area contributed by atoms with Crippen LogP contribution in [-0.2, 0) is 4.12 Å². The normalized spacial score (nSPS) is 11.5. The van der Waals surface area contributed by atoms with Crippen molar-refractivity contribution < 1.29 is 4.12 Å². The van der Waals surface area contributed by atoms with Gasteiger partial charge in [-0.05, 0) is 49.5 Å². The first kappa shape index (κ1) is 14.1. The third-order valence-electron chi connectivity index (χ3n) is 1.72. The second kappa shape index (κ2) is 9.64. The number of rotatable bonds is 8. The number of hydrogen-bond donors (Lipinski definition) is 2. The van der Waals surface area contributed by atoms with Crippen LogP contribution in [0.2, 0.25) is 25.2 Å². The van der Waals surface area contributed by atoms with Crippen molar-refractivity contribution in [2.24, 2.45) is 0 Å². The lowest BCUT2D eigenvalue weighted by Crippen LogP contribution is -2.24. The molecular weight excluding hydrogens is 232 g/mol. The van der Waals surface area contributed by atoms with Crippen LogP contribution in [0.1, 0.15) is 12.8 Å². The highest BCUT2D eigenvalue weighted by atomic mass is 32.1. The summed E-state index contributed by atoms with van der Waals surface area (Å²) in [6, 6.07) is 2.49. The molecule has 0 bridgehead atoms. The van der Waals surface area contributed by atoms with Crippen molar-refractivity contribution in [2.75, 3.05) is 11.5 Å². The van der Waals surface area contributed by atoms with E-state index in [1.807, 2.05) is 0 Å². The molecule has 5 heteroatoms. The van der Waals surface area contributed by atoms with Crippen LogP contribution in [0.3, 0.4) is 0 Å². The predicted molar refractivity (Wildman–Crippen MR) is 70.9 cm³/mol. The Kier molecular flexibility index (Phi) is 10.5. The second-order valence-electron chi connectivity index (χ2n) is 3.16. The van der Waals surface area contributed by atoms with Gasteiger partial charge >= 0.3 is 0 Å². The maximum atomic E-state index is 5.99. The molecule has 1 nitrogen and oxygen atoms in total. The molecule has 0 aliphatic heterocycles. The maximum absolute atomic E-state index is 5.99. The van der Waals surface area contributed by atoms with E-state index in [1.165, 1.54) is 24.9 Å². The predicted octanol–water partition coefficient (Wildman–Crippen LogP) is 2.89. The minimum absolute atomic E-state index is 0.510. The molecule has 0 heterocycles. The molecule has 0 N–H and O–H groups in total. The molecule has 0 aromatic carbocycles. The summed E-state index contributed by atoms with van der Waals surface area (Å²) in [6.45, 7) is 4.53. The van der Waals surface area contributed by atoms with E-state index in [-0.39, 0.29) is 0 Å². The Bertz CT molecular complexity index is 104. The molecule has 13 heavy (non-hydrogen) atoms. The summed E-state index contributed by atoms with van der Waals surface area (Å²) in [5.41, 5.74) is 0. The third kappa shape index (κ3) is 9.40. The molecule has 0 atom stereocenters. The lowest BCUT2D eigenvalue weighted by molar-refractivity contribution is 0.584. The van der Waals surface area contributed by atoms with Crippen LogP contribution in [0.5, 0.6) is 0 Å². The number of thiol groups is 2. The fourth-order valence-electron chi connectivity index (χ4n) is 1.06. The molecule has 0 saturated carbocycles. The number of hydrogen-bond acceptors (Lipinski definition) is 3. The van der Waals surface area contributed by atoms with E-state index < -0.39 is 18.1 Å². The SMILES string of the molecule is C[Si](CCCS)O[Si](C)CCCS. The summed E-state index contributed by atoms with van der Waals surface area (Å²) in [5, 5.41) is 0.